The molecule has 31 heavy (non-hydrogen) atoms. The number of benzene rings is 1. The third-order valence-corrected chi connectivity index (χ3v) is 5.63. The van der Waals surface area contributed by atoms with Crippen molar-refractivity contribution in [1.82, 2.24) is 25.3 Å². The lowest BCUT2D eigenvalue weighted by atomic mass is 9.99. The number of rotatable bonds is 8. The molecular weight excluding hydrogens is 390 g/mol. The van der Waals surface area contributed by atoms with Gasteiger partial charge in [0.05, 0.1) is 0 Å². The Balaban J connectivity index is 1.20. The summed E-state index contributed by atoms with van der Waals surface area (Å²) in [6, 6.07) is 12.2. The van der Waals surface area contributed by atoms with E-state index in [2.05, 4.69) is 56.5 Å². The molecule has 1 amide bonds. The molecule has 1 N–H and O–H groups in total. The Kier molecular flexibility index (Phi) is 7.04. The summed E-state index contributed by atoms with van der Waals surface area (Å²) in [5.41, 5.74) is 3.26. The number of aryl methyl sites for hydroxylation is 1. The van der Waals surface area contributed by atoms with Gasteiger partial charge in [0.1, 0.15) is 0 Å². The molecule has 3 aromatic rings. The summed E-state index contributed by atoms with van der Waals surface area (Å²) in [6.07, 6.45) is 6.72. The Morgan fingerprint density at radius 2 is 1.94 bits per heavy atom. The normalized spacial score (nSPS) is 16.9. The van der Waals surface area contributed by atoms with Crippen molar-refractivity contribution < 1.29 is 9.32 Å². The summed E-state index contributed by atoms with van der Waals surface area (Å²) in [5, 5.41) is 6.93. The number of aromatic nitrogens is 3. The van der Waals surface area contributed by atoms with Gasteiger partial charge in [0.25, 0.3) is 0 Å². The van der Waals surface area contributed by atoms with Crippen LogP contribution in [-0.2, 0) is 24.3 Å². The van der Waals surface area contributed by atoms with Crippen LogP contribution in [0.5, 0.6) is 0 Å². The fraction of sp³-hybridized carbons (Fsp3) is 0.417. The minimum Gasteiger partial charge on any atom is -0.352 e. The van der Waals surface area contributed by atoms with Crippen molar-refractivity contribution in [3.63, 3.8) is 0 Å². The Bertz CT molecular complexity index is 971. The molecule has 1 aliphatic heterocycles. The summed E-state index contributed by atoms with van der Waals surface area (Å²) in [6.45, 7) is 6.22. The number of amides is 1. The smallest absolute Gasteiger partial charge is 0.227 e. The molecule has 0 spiro atoms. The molecule has 1 aromatic carbocycles. The lowest BCUT2D eigenvalue weighted by Gasteiger charge is -2.30. The first-order valence-corrected chi connectivity index (χ1v) is 11.0. The minimum absolute atomic E-state index is 0.0324. The average Bonchev–Trinajstić information content (AvgIpc) is 3.27. The predicted octanol–water partition coefficient (Wildman–Crippen LogP) is 3.61. The van der Waals surface area contributed by atoms with E-state index in [0.717, 1.165) is 23.6 Å². The fourth-order valence-corrected chi connectivity index (χ4v) is 3.94. The summed E-state index contributed by atoms with van der Waals surface area (Å²) in [4.78, 5) is 23.1. The van der Waals surface area contributed by atoms with Gasteiger partial charge in [-0.15, -0.1) is 0 Å². The zero-order chi connectivity index (χ0) is 21.5. The number of piperidine rings is 1. The van der Waals surface area contributed by atoms with Crippen LogP contribution in [0.4, 0.5) is 0 Å². The van der Waals surface area contributed by atoms with E-state index in [0.29, 0.717) is 31.1 Å². The number of carbonyl (C=O) groups is 1. The van der Waals surface area contributed by atoms with Gasteiger partial charge in [-0.05, 0) is 48.6 Å². The van der Waals surface area contributed by atoms with Crippen LogP contribution in [0.15, 0.2) is 53.3 Å². The standard InChI is InChI=1S/C24H29N5O2/c1-18-3-2-14-29(16-18)17-20-6-4-19(5-7-20)15-26-22(30)8-9-23-27-24(28-31-23)21-10-12-25-13-11-21/h4-7,10-13,18H,2-3,8-9,14-17H2,1H3,(H,26,30)/t18-/m1/s1. The zero-order valence-electron chi connectivity index (χ0n) is 18.0. The molecular formula is C24H29N5O2. The minimum atomic E-state index is -0.0324. The first kappa shape index (κ1) is 21.2. The van der Waals surface area contributed by atoms with Crippen molar-refractivity contribution in [2.75, 3.05) is 13.1 Å². The van der Waals surface area contributed by atoms with Crippen LogP contribution in [0.2, 0.25) is 0 Å². The molecule has 1 fully saturated rings. The molecule has 7 heteroatoms. The van der Waals surface area contributed by atoms with Gasteiger partial charge >= 0.3 is 0 Å². The Morgan fingerprint density at radius 3 is 2.71 bits per heavy atom. The lowest BCUT2D eigenvalue weighted by molar-refractivity contribution is -0.121. The SMILES string of the molecule is C[C@@H]1CCCN(Cc2ccc(CNC(=O)CCc3nc(-c4ccncc4)no3)cc2)C1. The molecule has 0 radical (unpaired) electrons. The molecule has 7 nitrogen and oxygen atoms in total. The zero-order valence-corrected chi connectivity index (χ0v) is 18.0. The van der Waals surface area contributed by atoms with Crippen LogP contribution < -0.4 is 5.32 Å². The van der Waals surface area contributed by atoms with Crippen molar-refractivity contribution >= 4 is 5.91 Å². The third kappa shape index (κ3) is 6.21. The Labute approximate surface area is 182 Å². The van der Waals surface area contributed by atoms with Gasteiger partial charge in [0.15, 0.2) is 0 Å². The number of carbonyl (C=O) groups excluding carboxylic acids is 1. The maximum absolute atomic E-state index is 12.2. The van der Waals surface area contributed by atoms with E-state index in [-0.39, 0.29) is 5.91 Å². The quantitative estimate of drug-likeness (QED) is 0.600. The third-order valence-electron chi connectivity index (χ3n) is 5.63. The number of pyridine rings is 1. The molecule has 0 unspecified atom stereocenters. The van der Waals surface area contributed by atoms with Crippen LogP contribution in [0.3, 0.4) is 0 Å². The predicted molar refractivity (Wildman–Crippen MR) is 118 cm³/mol. The van der Waals surface area contributed by atoms with Gasteiger partial charge in [0.2, 0.25) is 17.6 Å². The van der Waals surface area contributed by atoms with Crippen LogP contribution in [0, 0.1) is 5.92 Å². The number of hydrogen-bond donors (Lipinski definition) is 1. The average molecular weight is 420 g/mol. The molecule has 0 aliphatic carbocycles. The van der Waals surface area contributed by atoms with Crippen molar-refractivity contribution in [1.29, 1.82) is 0 Å². The van der Waals surface area contributed by atoms with E-state index >= 15 is 0 Å². The highest BCUT2D eigenvalue weighted by atomic mass is 16.5. The van der Waals surface area contributed by atoms with Crippen LogP contribution >= 0.6 is 0 Å². The second-order valence-electron chi connectivity index (χ2n) is 8.32. The summed E-state index contributed by atoms with van der Waals surface area (Å²) in [5.74, 6) is 1.72. The van der Waals surface area contributed by atoms with E-state index in [1.54, 1.807) is 12.4 Å². The molecule has 162 valence electrons. The molecule has 1 atom stereocenters. The molecule has 0 bridgehead atoms. The number of nitrogens with zero attached hydrogens (tertiary/aromatic N) is 4. The summed E-state index contributed by atoms with van der Waals surface area (Å²) >= 11 is 0. The second-order valence-corrected chi connectivity index (χ2v) is 8.32. The number of likely N-dealkylation sites (tertiary alicyclic amines) is 1. The van der Waals surface area contributed by atoms with Crippen molar-refractivity contribution in [2.24, 2.45) is 5.92 Å². The Hall–Kier alpha value is -3.06. The van der Waals surface area contributed by atoms with Crippen molar-refractivity contribution in [3.05, 3.63) is 65.8 Å². The first-order valence-electron chi connectivity index (χ1n) is 11.0. The van der Waals surface area contributed by atoms with Gasteiger partial charge in [-0.3, -0.25) is 14.7 Å². The maximum Gasteiger partial charge on any atom is 0.227 e. The van der Waals surface area contributed by atoms with Gasteiger partial charge in [-0.25, -0.2) is 0 Å². The monoisotopic (exact) mass is 419 g/mol. The molecule has 1 saturated heterocycles. The Morgan fingerprint density at radius 1 is 1.16 bits per heavy atom. The summed E-state index contributed by atoms with van der Waals surface area (Å²) < 4.78 is 5.25. The fourth-order valence-electron chi connectivity index (χ4n) is 3.94. The van der Waals surface area contributed by atoms with E-state index in [9.17, 15) is 4.79 Å². The topological polar surface area (TPSA) is 84.2 Å². The van der Waals surface area contributed by atoms with E-state index in [4.69, 9.17) is 4.52 Å². The lowest BCUT2D eigenvalue weighted by Crippen LogP contribution is -2.33. The summed E-state index contributed by atoms with van der Waals surface area (Å²) in [7, 11) is 0. The highest BCUT2D eigenvalue weighted by Gasteiger charge is 2.16. The van der Waals surface area contributed by atoms with Gasteiger partial charge in [-0.2, -0.15) is 4.98 Å². The molecule has 0 saturated carbocycles. The van der Waals surface area contributed by atoms with Crippen LogP contribution in [-0.4, -0.2) is 39.0 Å². The van der Waals surface area contributed by atoms with Gasteiger partial charge in [-0.1, -0.05) is 36.3 Å². The first-order chi connectivity index (χ1) is 15.2. The molecule has 4 rings (SSSR count). The van der Waals surface area contributed by atoms with Crippen molar-refractivity contribution in [2.45, 2.75) is 45.7 Å². The number of hydrogen-bond acceptors (Lipinski definition) is 6. The second kappa shape index (κ2) is 10.3. The molecule has 3 heterocycles. The highest BCUT2D eigenvalue weighted by Crippen LogP contribution is 2.18. The highest BCUT2D eigenvalue weighted by molar-refractivity contribution is 5.76. The maximum atomic E-state index is 12.2. The molecule has 1 aliphatic rings. The van der Waals surface area contributed by atoms with Gasteiger partial charge in [0, 0.05) is 50.4 Å². The van der Waals surface area contributed by atoms with E-state index in [1.807, 2.05) is 12.1 Å². The van der Waals surface area contributed by atoms with E-state index < -0.39 is 0 Å². The van der Waals surface area contributed by atoms with Crippen LogP contribution in [0.1, 0.15) is 43.2 Å². The largest absolute Gasteiger partial charge is 0.352 e. The number of nitrogens with one attached hydrogen (secondary N) is 1. The molecule has 2 aromatic heterocycles. The van der Waals surface area contributed by atoms with Crippen molar-refractivity contribution in [3.8, 4) is 11.4 Å². The van der Waals surface area contributed by atoms with Gasteiger partial charge < -0.3 is 9.84 Å². The van der Waals surface area contributed by atoms with E-state index in [1.165, 1.54) is 31.5 Å². The van der Waals surface area contributed by atoms with Crippen LogP contribution in [0.25, 0.3) is 11.4 Å².